The molecule has 3 aliphatic rings. The minimum Gasteiger partial charge on any atom is -0.352 e. The summed E-state index contributed by atoms with van der Waals surface area (Å²) in [7, 11) is -1.09. The van der Waals surface area contributed by atoms with Gasteiger partial charge in [0.25, 0.3) is 0 Å². The van der Waals surface area contributed by atoms with E-state index in [0.29, 0.717) is 55.4 Å². The van der Waals surface area contributed by atoms with Crippen molar-refractivity contribution in [3.05, 3.63) is 29.2 Å². The fraction of sp³-hybridized carbons (Fsp3) is 0.615. The van der Waals surface area contributed by atoms with Gasteiger partial charge in [0, 0.05) is 65.8 Å². The summed E-state index contributed by atoms with van der Waals surface area (Å²) in [5.74, 6) is 2.83. The molecule has 2 aromatic heterocycles. The predicted octanol–water partition coefficient (Wildman–Crippen LogP) is 2.85. The number of nitrogens with zero attached hydrogens (tertiary/aromatic N) is 8. The van der Waals surface area contributed by atoms with E-state index in [-0.39, 0.29) is 17.4 Å². The quantitative estimate of drug-likeness (QED) is 0.597. The number of anilines is 3. The van der Waals surface area contributed by atoms with Crippen LogP contribution in [0.25, 0.3) is 0 Å². The Balaban J connectivity index is 0.00000156. The Bertz CT molecular complexity index is 1280. The summed E-state index contributed by atoms with van der Waals surface area (Å²) in [6, 6.07) is 3.91. The average molecular weight is 525 g/mol. The van der Waals surface area contributed by atoms with Crippen LogP contribution in [0.4, 0.5) is 17.5 Å². The third kappa shape index (κ3) is 4.45. The Labute approximate surface area is 221 Å². The van der Waals surface area contributed by atoms with Crippen LogP contribution in [-0.4, -0.2) is 77.9 Å². The number of aryl methyl sites for hydroxylation is 1. The van der Waals surface area contributed by atoms with Crippen LogP contribution >= 0.6 is 0 Å². The summed E-state index contributed by atoms with van der Waals surface area (Å²) in [4.78, 5) is 28.6. The summed E-state index contributed by atoms with van der Waals surface area (Å²) in [6.07, 6.45) is 2.25. The third-order valence-corrected chi connectivity index (χ3v) is 9.52. The molecular formula is C26H36N8O2S. The van der Waals surface area contributed by atoms with Gasteiger partial charge >= 0.3 is 0 Å². The van der Waals surface area contributed by atoms with Gasteiger partial charge in [-0.2, -0.15) is 10.4 Å². The summed E-state index contributed by atoms with van der Waals surface area (Å²) in [5, 5.41) is 18.0. The van der Waals surface area contributed by atoms with Gasteiger partial charge in [0.2, 0.25) is 5.91 Å². The number of hydrogen-bond acceptors (Lipinski definition) is 9. The smallest absolute Gasteiger partial charge is 0.241 e. The number of fused-ring (bicyclic) bond motifs is 1. The van der Waals surface area contributed by atoms with Crippen LogP contribution < -0.4 is 9.80 Å². The molecule has 10 nitrogen and oxygen atoms in total. The number of nitriles is 1. The number of hydrogen-bond donors (Lipinski definition) is 0. The van der Waals surface area contributed by atoms with Gasteiger partial charge in [-0.3, -0.25) is 9.00 Å². The van der Waals surface area contributed by atoms with Crippen molar-refractivity contribution < 1.29 is 9.00 Å². The van der Waals surface area contributed by atoms with Gasteiger partial charge in [-0.05, 0) is 27.2 Å². The van der Waals surface area contributed by atoms with Crippen LogP contribution in [0.3, 0.4) is 0 Å². The lowest BCUT2D eigenvalue weighted by Crippen LogP contribution is -2.63. The maximum absolute atomic E-state index is 13.2. The molecule has 0 aliphatic carbocycles. The average Bonchev–Trinajstić information content (AvgIpc) is 3.19. The largest absolute Gasteiger partial charge is 0.352 e. The number of rotatable bonds is 3. The summed E-state index contributed by atoms with van der Waals surface area (Å²) >= 11 is 0. The Kier molecular flexibility index (Phi) is 7.25. The molecule has 5 heterocycles. The highest BCUT2D eigenvalue weighted by atomic mass is 32.2. The molecule has 2 fully saturated rings. The molecular weight excluding hydrogens is 488 g/mol. The van der Waals surface area contributed by atoms with E-state index in [0.717, 1.165) is 17.2 Å². The van der Waals surface area contributed by atoms with Crippen LogP contribution in [0.1, 0.15) is 64.8 Å². The summed E-state index contributed by atoms with van der Waals surface area (Å²) in [6.45, 7) is 16.4. The number of piperazine rings is 1. The van der Waals surface area contributed by atoms with E-state index in [1.54, 1.807) is 19.3 Å². The molecule has 0 saturated carbocycles. The lowest BCUT2D eigenvalue weighted by atomic mass is 9.87. The van der Waals surface area contributed by atoms with Gasteiger partial charge in [0.15, 0.2) is 5.82 Å². The topological polar surface area (TPSA) is 119 Å². The number of aromatic nitrogens is 4. The fourth-order valence-electron chi connectivity index (χ4n) is 5.29. The number of carbonyl (C=O) groups is 1. The van der Waals surface area contributed by atoms with E-state index in [1.807, 2.05) is 37.5 Å². The van der Waals surface area contributed by atoms with E-state index in [2.05, 4.69) is 45.0 Å². The van der Waals surface area contributed by atoms with Crippen LogP contribution in [-0.2, 0) is 21.0 Å². The molecule has 0 bridgehead atoms. The first-order valence-corrected chi connectivity index (χ1v) is 14.2. The van der Waals surface area contributed by atoms with Crippen molar-refractivity contribution in [1.29, 1.82) is 5.26 Å². The molecule has 11 heteroatoms. The molecule has 3 atom stereocenters. The van der Waals surface area contributed by atoms with E-state index >= 15 is 0 Å². The zero-order valence-electron chi connectivity index (χ0n) is 22.8. The van der Waals surface area contributed by atoms with Gasteiger partial charge in [-0.15, -0.1) is 5.10 Å². The highest BCUT2D eigenvalue weighted by Gasteiger charge is 2.50. The second-order valence-corrected chi connectivity index (χ2v) is 12.5. The second-order valence-electron chi connectivity index (χ2n) is 10.5. The number of amides is 1. The molecule has 0 radical (unpaired) electrons. The SMILES string of the molecule is CC.Cc1nnc(N2CC(C)(C)c3c(N4CCN(C(=O)[C@]5(C)CCS5=O)C(C)C4)ncnc32)cc1C#N. The van der Waals surface area contributed by atoms with Gasteiger partial charge < -0.3 is 14.7 Å². The Morgan fingerprint density at radius 2 is 1.86 bits per heavy atom. The van der Waals surface area contributed by atoms with E-state index in [9.17, 15) is 14.3 Å². The highest BCUT2D eigenvalue weighted by Crippen LogP contribution is 2.46. The zero-order valence-corrected chi connectivity index (χ0v) is 23.6. The molecule has 2 saturated heterocycles. The van der Waals surface area contributed by atoms with Crippen LogP contribution in [0.15, 0.2) is 12.4 Å². The zero-order chi connectivity index (χ0) is 27.1. The molecule has 0 aromatic carbocycles. The summed E-state index contributed by atoms with van der Waals surface area (Å²) < 4.78 is 11.5. The molecule has 198 valence electrons. The van der Waals surface area contributed by atoms with Gasteiger partial charge in [-0.1, -0.05) is 27.7 Å². The van der Waals surface area contributed by atoms with Crippen molar-refractivity contribution in [3.8, 4) is 6.07 Å². The van der Waals surface area contributed by atoms with E-state index in [1.165, 1.54) is 0 Å². The Morgan fingerprint density at radius 1 is 1.16 bits per heavy atom. The summed E-state index contributed by atoms with van der Waals surface area (Å²) in [5.41, 5.74) is 1.85. The maximum Gasteiger partial charge on any atom is 0.241 e. The second kappa shape index (κ2) is 9.97. The van der Waals surface area contributed by atoms with Crippen molar-refractivity contribution >= 4 is 34.2 Å². The number of carbonyl (C=O) groups excluding carboxylic acids is 1. The van der Waals surface area contributed by atoms with Crippen LogP contribution in [0.2, 0.25) is 0 Å². The first-order chi connectivity index (χ1) is 17.6. The lowest BCUT2D eigenvalue weighted by molar-refractivity contribution is -0.136. The predicted molar refractivity (Wildman–Crippen MR) is 144 cm³/mol. The molecule has 2 unspecified atom stereocenters. The Hall–Kier alpha value is -3.13. The first-order valence-electron chi connectivity index (χ1n) is 12.9. The maximum atomic E-state index is 13.2. The monoisotopic (exact) mass is 524 g/mol. The van der Waals surface area contributed by atoms with Gasteiger partial charge in [0.05, 0.1) is 11.3 Å². The molecule has 1 amide bonds. The van der Waals surface area contributed by atoms with E-state index in [4.69, 9.17) is 0 Å². The van der Waals surface area contributed by atoms with Crippen LogP contribution in [0.5, 0.6) is 0 Å². The minimum atomic E-state index is -1.09. The standard InChI is InChI=1S/C24H30N8O2S.C2H6/c1-15-12-30(7-8-31(15)22(33)24(5)6-9-35(24)34)20-19-21(27-14-26-20)32(13-23(19,3)4)18-10-17(11-25)16(2)28-29-18;1-2/h10,14-15H,6-9,12-13H2,1-5H3;1-2H3/t15?,24-,35?;/m0./s1. The van der Waals surface area contributed by atoms with Crippen molar-refractivity contribution in [2.45, 2.75) is 71.1 Å². The van der Waals surface area contributed by atoms with Gasteiger partial charge in [-0.25, -0.2) is 9.97 Å². The van der Waals surface area contributed by atoms with Crippen molar-refractivity contribution in [2.75, 3.05) is 41.7 Å². The van der Waals surface area contributed by atoms with Crippen molar-refractivity contribution in [3.63, 3.8) is 0 Å². The fourth-order valence-corrected chi connectivity index (χ4v) is 6.59. The molecule has 3 aliphatic heterocycles. The minimum absolute atomic E-state index is 0.0000952. The normalized spacial score (nSPS) is 25.9. The van der Waals surface area contributed by atoms with Gasteiger partial charge in [0.1, 0.15) is 28.8 Å². The Morgan fingerprint density at radius 3 is 2.46 bits per heavy atom. The molecule has 2 aromatic rings. The third-order valence-electron chi connectivity index (χ3n) is 7.56. The van der Waals surface area contributed by atoms with Crippen LogP contribution in [0, 0.1) is 18.3 Å². The van der Waals surface area contributed by atoms with Crippen molar-refractivity contribution in [2.24, 2.45) is 0 Å². The van der Waals surface area contributed by atoms with E-state index < -0.39 is 15.5 Å². The first kappa shape index (κ1) is 26.9. The molecule has 5 rings (SSSR count). The highest BCUT2D eigenvalue weighted by molar-refractivity contribution is 7.88. The van der Waals surface area contributed by atoms with Crippen molar-refractivity contribution in [1.82, 2.24) is 25.1 Å². The molecule has 0 spiro atoms. The lowest BCUT2D eigenvalue weighted by Gasteiger charge is -2.46. The molecule has 37 heavy (non-hydrogen) atoms. The molecule has 0 N–H and O–H groups in total.